The predicted octanol–water partition coefficient (Wildman–Crippen LogP) is 6.52. The normalized spacial score (nSPS) is 17.7. The molecule has 0 radical (unpaired) electrons. The predicted molar refractivity (Wildman–Crippen MR) is 130 cm³/mol. The number of anilines is 1. The number of hydrogen-bond acceptors (Lipinski definition) is 4. The number of nitrogens with zero attached hydrogens (tertiary/aromatic N) is 2. The fourth-order valence-corrected chi connectivity index (χ4v) is 5.26. The number of halogens is 3. The van der Waals surface area contributed by atoms with E-state index in [1.54, 1.807) is 12.1 Å². The first-order chi connectivity index (χ1) is 16.6. The van der Waals surface area contributed by atoms with Crippen molar-refractivity contribution >= 4 is 17.2 Å². The van der Waals surface area contributed by atoms with Crippen molar-refractivity contribution in [1.82, 2.24) is 9.97 Å². The third-order valence-corrected chi connectivity index (χ3v) is 7.13. The van der Waals surface area contributed by atoms with E-state index in [1.165, 1.54) is 12.4 Å². The third-order valence-electron chi connectivity index (χ3n) is 7.13. The van der Waals surface area contributed by atoms with Crippen molar-refractivity contribution in [1.29, 1.82) is 0 Å². The van der Waals surface area contributed by atoms with Gasteiger partial charge in [-0.25, -0.2) is 4.98 Å². The van der Waals surface area contributed by atoms with Crippen LogP contribution < -0.4 is 5.32 Å². The number of fused-ring (bicyclic) bond motifs is 2. The molecule has 35 heavy (non-hydrogen) atoms. The van der Waals surface area contributed by atoms with Crippen LogP contribution in [0.2, 0.25) is 0 Å². The molecular formula is C28H26F3N3O. The average molecular weight is 478 g/mol. The van der Waals surface area contributed by atoms with Crippen LogP contribution in [-0.2, 0) is 11.2 Å². The lowest BCUT2D eigenvalue weighted by Gasteiger charge is -2.35. The summed E-state index contributed by atoms with van der Waals surface area (Å²) in [6, 6.07) is 8.95. The molecule has 1 unspecified atom stereocenters. The second kappa shape index (κ2) is 8.63. The summed E-state index contributed by atoms with van der Waals surface area (Å²) in [5.74, 6) is 0.871. The quantitative estimate of drug-likeness (QED) is 0.466. The Morgan fingerprint density at radius 2 is 1.86 bits per heavy atom. The van der Waals surface area contributed by atoms with E-state index in [-0.39, 0.29) is 17.4 Å². The highest BCUT2D eigenvalue weighted by atomic mass is 19.4. The molecule has 0 spiro atoms. The van der Waals surface area contributed by atoms with E-state index in [0.29, 0.717) is 17.5 Å². The summed E-state index contributed by atoms with van der Waals surface area (Å²) in [4.78, 5) is 21.9. The van der Waals surface area contributed by atoms with Crippen LogP contribution in [0.1, 0.15) is 52.8 Å². The van der Waals surface area contributed by atoms with E-state index in [9.17, 15) is 18.0 Å². The van der Waals surface area contributed by atoms with Crippen LogP contribution in [-0.4, -0.2) is 28.0 Å². The number of ketones is 1. The van der Waals surface area contributed by atoms with Gasteiger partial charge in [-0.3, -0.25) is 9.78 Å². The lowest BCUT2D eigenvalue weighted by molar-refractivity contribution is -0.127. The zero-order chi connectivity index (χ0) is 24.9. The smallest absolute Gasteiger partial charge is 0.363 e. The summed E-state index contributed by atoms with van der Waals surface area (Å²) in [6.07, 6.45) is -0.481. The van der Waals surface area contributed by atoms with Crippen molar-refractivity contribution in [2.24, 2.45) is 0 Å². The number of Topliss-reactive ketones (excluding diaryl/α,β-unsaturated/α-hetero) is 1. The van der Waals surface area contributed by atoms with Gasteiger partial charge in [0.2, 0.25) is 0 Å². The Morgan fingerprint density at radius 1 is 1.09 bits per heavy atom. The molecule has 4 nitrogen and oxygen atoms in total. The number of aryl methyl sites for hydroxylation is 1. The summed E-state index contributed by atoms with van der Waals surface area (Å²) < 4.78 is 39.7. The fraction of sp³-hybridized carbons (Fsp3) is 0.321. The minimum Gasteiger partial charge on any atom is -0.363 e. The zero-order valence-electron chi connectivity index (χ0n) is 19.9. The highest BCUT2D eigenvalue weighted by Gasteiger charge is 2.36. The van der Waals surface area contributed by atoms with Gasteiger partial charge in [0.25, 0.3) is 0 Å². The largest absolute Gasteiger partial charge is 0.393 e. The summed E-state index contributed by atoms with van der Waals surface area (Å²) in [5.41, 5.74) is 7.61. The maximum absolute atomic E-state index is 13.2. The van der Waals surface area contributed by atoms with E-state index in [2.05, 4.69) is 10.3 Å². The summed E-state index contributed by atoms with van der Waals surface area (Å²) in [7, 11) is 0. The number of aromatic nitrogens is 2. The molecule has 1 aliphatic heterocycles. The van der Waals surface area contributed by atoms with Gasteiger partial charge in [-0.1, -0.05) is 18.2 Å². The fourth-order valence-electron chi connectivity index (χ4n) is 5.26. The minimum atomic E-state index is -4.34. The summed E-state index contributed by atoms with van der Waals surface area (Å²) in [5, 5.41) is 3.50. The Labute approximate surface area is 202 Å². The van der Waals surface area contributed by atoms with E-state index in [4.69, 9.17) is 4.98 Å². The van der Waals surface area contributed by atoms with Crippen LogP contribution in [0.15, 0.2) is 48.3 Å². The van der Waals surface area contributed by atoms with Gasteiger partial charge in [-0.2, -0.15) is 13.2 Å². The molecule has 180 valence electrons. The lowest BCUT2D eigenvalue weighted by Crippen LogP contribution is -2.35. The molecule has 1 fully saturated rings. The molecule has 1 aromatic carbocycles. The van der Waals surface area contributed by atoms with E-state index in [1.807, 2.05) is 39.0 Å². The molecule has 1 aliphatic carbocycles. The topological polar surface area (TPSA) is 54.9 Å². The number of carbonyl (C=O) groups is 1. The van der Waals surface area contributed by atoms with Gasteiger partial charge in [0.05, 0.1) is 12.5 Å². The molecule has 1 saturated carbocycles. The van der Waals surface area contributed by atoms with E-state index < -0.39 is 12.6 Å². The van der Waals surface area contributed by atoms with Crippen molar-refractivity contribution in [3.63, 3.8) is 0 Å². The van der Waals surface area contributed by atoms with Gasteiger partial charge in [0.1, 0.15) is 5.82 Å². The van der Waals surface area contributed by atoms with Crippen molar-refractivity contribution in [3.8, 4) is 11.1 Å². The van der Waals surface area contributed by atoms with Crippen molar-refractivity contribution in [2.45, 2.75) is 58.7 Å². The maximum atomic E-state index is 13.2. The number of hydrogen-bond donors (Lipinski definition) is 1. The van der Waals surface area contributed by atoms with Crippen LogP contribution in [0.3, 0.4) is 0 Å². The lowest BCUT2D eigenvalue weighted by atomic mass is 9.77. The second-order valence-electron chi connectivity index (χ2n) is 9.38. The molecule has 0 bridgehead atoms. The molecule has 0 saturated heterocycles. The molecule has 1 N–H and O–H groups in total. The average Bonchev–Trinajstić information content (AvgIpc) is 2.81. The van der Waals surface area contributed by atoms with Crippen molar-refractivity contribution in [3.05, 3.63) is 81.8 Å². The van der Waals surface area contributed by atoms with Gasteiger partial charge in [-0.05, 0) is 79.1 Å². The Bertz CT molecular complexity index is 1370. The highest BCUT2D eigenvalue weighted by Crippen LogP contribution is 2.44. The molecule has 5 rings (SSSR count). The first kappa shape index (κ1) is 23.3. The van der Waals surface area contributed by atoms with Gasteiger partial charge < -0.3 is 5.32 Å². The Kier molecular flexibility index (Phi) is 5.74. The van der Waals surface area contributed by atoms with Crippen LogP contribution in [0.4, 0.5) is 19.0 Å². The van der Waals surface area contributed by atoms with Crippen LogP contribution in [0.5, 0.6) is 0 Å². The Morgan fingerprint density at radius 3 is 2.63 bits per heavy atom. The zero-order valence-corrected chi connectivity index (χ0v) is 19.9. The first-order valence-electron chi connectivity index (χ1n) is 11.8. The highest BCUT2D eigenvalue weighted by molar-refractivity contribution is 6.11. The third kappa shape index (κ3) is 4.24. The summed E-state index contributed by atoms with van der Waals surface area (Å²) >= 11 is 0. The van der Waals surface area contributed by atoms with Crippen molar-refractivity contribution in [2.75, 3.05) is 5.32 Å². The molecule has 1 atom stereocenters. The molecule has 2 aliphatic rings. The van der Waals surface area contributed by atoms with E-state index >= 15 is 0 Å². The number of carbonyl (C=O) groups excluding carboxylic acids is 1. The van der Waals surface area contributed by atoms with E-state index in [0.717, 1.165) is 57.8 Å². The number of benzene rings is 1. The molecule has 0 amide bonds. The molecule has 3 heterocycles. The summed E-state index contributed by atoms with van der Waals surface area (Å²) in [6.45, 7) is 6.03. The molecule has 3 aromatic rings. The number of pyridine rings is 2. The van der Waals surface area contributed by atoms with Gasteiger partial charge in [0.15, 0.2) is 5.78 Å². The maximum Gasteiger partial charge on any atom is 0.393 e. The number of rotatable bonds is 3. The SMILES string of the molecule is Cc1nc2c(c(C)c1C)C(c1cccc(-c3ccncc3CC(F)(F)F)c1)=C1C(=O)CCCC1N2. The minimum absolute atomic E-state index is 0.110. The number of alkyl halides is 3. The molecule has 7 heteroatoms. The van der Waals surface area contributed by atoms with Crippen LogP contribution in [0.25, 0.3) is 16.7 Å². The van der Waals surface area contributed by atoms with Crippen LogP contribution >= 0.6 is 0 Å². The van der Waals surface area contributed by atoms with Crippen LogP contribution in [0, 0.1) is 20.8 Å². The first-order valence-corrected chi connectivity index (χ1v) is 11.8. The second-order valence-corrected chi connectivity index (χ2v) is 9.38. The Hall–Kier alpha value is -3.48. The van der Waals surface area contributed by atoms with Crippen molar-refractivity contribution < 1.29 is 18.0 Å². The number of nitrogens with one attached hydrogen (secondary N) is 1. The van der Waals surface area contributed by atoms with Gasteiger partial charge >= 0.3 is 6.18 Å². The Balaban J connectivity index is 1.73. The monoisotopic (exact) mass is 477 g/mol. The van der Waals surface area contributed by atoms with Gasteiger partial charge in [-0.15, -0.1) is 0 Å². The molecule has 2 aromatic heterocycles. The standard InChI is InChI=1S/C28H26F3N3O/c1-15-16(2)24-25(26-22(8-5-9-23(26)35)34-27(24)33-17(15)3)19-7-4-6-18(12-19)21-10-11-32-14-20(21)13-28(29,30)31/h4,6-7,10-12,14,22H,5,8-9,13H2,1-3H3,(H,33,34). The molecular weight excluding hydrogens is 451 g/mol. The van der Waals surface area contributed by atoms with Gasteiger partial charge in [0, 0.05) is 41.2 Å².